The average Bonchev–Trinajstić information content (AvgIpc) is 3.04. The van der Waals surface area contributed by atoms with Crippen LogP contribution in [0.1, 0.15) is 37.0 Å². The lowest BCUT2D eigenvalue weighted by Gasteiger charge is -2.13. The molecule has 0 aliphatic carbocycles. The van der Waals surface area contributed by atoms with Crippen LogP contribution in [-0.4, -0.2) is 27.7 Å². The van der Waals surface area contributed by atoms with Gasteiger partial charge in [0.15, 0.2) is 6.61 Å². The molecule has 0 radical (unpaired) electrons. The van der Waals surface area contributed by atoms with Crippen molar-refractivity contribution in [1.82, 2.24) is 19.9 Å². The summed E-state index contributed by atoms with van der Waals surface area (Å²) in [6.07, 6.45) is 1.27. The number of benzene rings is 1. The molecule has 6 nitrogen and oxygen atoms in total. The first kappa shape index (κ1) is 21.2. The summed E-state index contributed by atoms with van der Waals surface area (Å²) in [5, 5.41) is 4.13. The third kappa shape index (κ3) is 5.52. The summed E-state index contributed by atoms with van der Waals surface area (Å²) in [6.45, 7) is 4.79. The van der Waals surface area contributed by atoms with Crippen LogP contribution in [0.5, 0.6) is 0 Å². The molecule has 2 aromatic heterocycles. The number of carbonyl (C=O) groups excluding carboxylic acids is 1. The first-order valence-corrected chi connectivity index (χ1v) is 10.4. The fourth-order valence-corrected chi connectivity index (χ4v) is 4.23. The zero-order valence-electron chi connectivity index (χ0n) is 16.6. The Morgan fingerprint density at radius 1 is 1.28 bits per heavy atom. The third-order valence-corrected chi connectivity index (χ3v) is 5.51. The number of pyridine rings is 1. The quantitative estimate of drug-likeness (QED) is 0.564. The highest BCUT2D eigenvalue weighted by Gasteiger charge is 2.22. The molecule has 1 amide bonds. The summed E-state index contributed by atoms with van der Waals surface area (Å²) < 4.78 is 7.35. The van der Waals surface area contributed by atoms with Crippen molar-refractivity contribution < 1.29 is 9.53 Å². The number of hydrogen-bond acceptors (Lipinski definition) is 5. The van der Waals surface area contributed by atoms with Crippen LogP contribution in [0.15, 0.2) is 58.6 Å². The summed E-state index contributed by atoms with van der Waals surface area (Å²) in [5.74, 6) is 0.868. The molecule has 3 aromatic rings. The van der Waals surface area contributed by atoms with Gasteiger partial charge in [0.05, 0.1) is 17.9 Å². The van der Waals surface area contributed by atoms with Crippen LogP contribution in [0.3, 0.4) is 0 Å². The molecule has 1 aromatic carbocycles. The van der Waals surface area contributed by atoms with Crippen LogP contribution in [0.2, 0.25) is 5.02 Å². The standard InChI is InChI=1S/C21H23ClN4O2S/c1-14(2)19-20(29-17-9-6-7-15(22)11-17)26(12-16-8-4-5-10-24-16)18(25-19)13-28-21(27)23-3/h4-11,14H,12-13H2,1-3H3,(H,23,27). The second-order valence-corrected chi connectivity index (χ2v) is 8.16. The van der Waals surface area contributed by atoms with Crippen LogP contribution < -0.4 is 5.32 Å². The van der Waals surface area contributed by atoms with E-state index in [0.717, 1.165) is 21.3 Å². The maximum Gasteiger partial charge on any atom is 0.407 e. The van der Waals surface area contributed by atoms with Gasteiger partial charge in [0.2, 0.25) is 0 Å². The van der Waals surface area contributed by atoms with Crippen molar-refractivity contribution in [2.75, 3.05) is 7.05 Å². The first-order valence-electron chi connectivity index (χ1n) is 9.25. The van der Waals surface area contributed by atoms with Crippen LogP contribution in [-0.2, 0) is 17.9 Å². The van der Waals surface area contributed by atoms with Gasteiger partial charge in [-0.1, -0.05) is 49.3 Å². The molecule has 0 unspecified atom stereocenters. The van der Waals surface area contributed by atoms with Gasteiger partial charge >= 0.3 is 6.09 Å². The van der Waals surface area contributed by atoms with E-state index in [0.29, 0.717) is 17.4 Å². The highest BCUT2D eigenvalue weighted by atomic mass is 35.5. The SMILES string of the molecule is CNC(=O)OCc1nc(C(C)C)c(Sc2cccc(Cl)c2)n1Cc1ccccn1. The molecule has 0 fully saturated rings. The number of nitrogens with one attached hydrogen (secondary N) is 1. The largest absolute Gasteiger partial charge is 0.441 e. The van der Waals surface area contributed by atoms with E-state index in [2.05, 4.69) is 28.7 Å². The molecule has 0 aliphatic heterocycles. The molecule has 0 aliphatic rings. The Hall–Kier alpha value is -2.51. The van der Waals surface area contributed by atoms with Gasteiger partial charge in [-0.15, -0.1) is 0 Å². The fraction of sp³-hybridized carbons (Fsp3) is 0.286. The Balaban J connectivity index is 2.04. The fourth-order valence-electron chi connectivity index (χ4n) is 2.76. The van der Waals surface area contributed by atoms with Gasteiger partial charge in [0.1, 0.15) is 10.9 Å². The van der Waals surface area contributed by atoms with Gasteiger partial charge < -0.3 is 14.6 Å². The minimum atomic E-state index is -0.493. The number of carbonyl (C=O) groups is 1. The van der Waals surface area contributed by atoms with E-state index in [1.54, 1.807) is 18.0 Å². The van der Waals surface area contributed by atoms with Crippen molar-refractivity contribution >= 4 is 29.5 Å². The number of imidazole rings is 1. The highest BCUT2D eigenvalue weighted by molar-refractivity contribution is 7.99. The third-order valence-electron chi connectivity index (χ3n) is 4.17. The average molecular weight is 431 g/mol. The number of halogens is 1. The minimum absolute atomic E-state index is 0.0718. The van der Waals surface area contributed by atoms with Gasteiger partial charge in [0, 0.05) is 23.2 Å². The molecule has 0 saturated heterocycles. The zero-order valence-corrected chi connectivity index (χ0v) is 18.1. The number of hydrogen-bond donors (Lipinski definition) is 1. The maximum atomic E-state index is 11.6. The minimum Gasteiger partial charge on any atom is -0.441 e. The molecule has 152 valence electrons. The monoisotopic (exact) mass is 430 g/mol. The Kier molecular flexibility index (Phi) is 7.17. The molecule has 2 heterocycles. The van der Waals surface area contributed by atoms with Gasteiger partial charge in [0.25, 0.3) is 0 Å². The molecule has 8 heteroatoms. The summed E-state index contributed by atoms with van der Waals surface area (Å²) in [4.78, 5) is 21.9. The number of rotatable bonds is 7. The summed E-state index contributed by atoms with van der Waals surface area (Å²) >= 11 is 7.77. The lowest BCUT2D eigenvalue weighted by Crippen LogP contribution is -2.20. The van der Waals surface area contributed by atoms with E-state index in [9.17, 15) is 4.79 Å². The van der Waals surface area contributed by atoms with Gasteiger partial charge in [-0.25, -0.2) is 9.78 Å². The van der Waals surface area contributed by atoms with Crippen molar-refractivity contribution in [2.45, 2.75) is 42.8 Å². The topological polar surface area (TPSA) is 69.0 Å². The second kappa shape index (κ2) is 9.80. The van der Waals surface area contributed by atoms with Gasteiger partial charge in [-0.3, -0.25) is 4.98 Å². The predicted molar refractivity (Wildman–Crippen MR) is 114 cm³/mol. The number of ether oxygens (including phenoxy) is 1. The van der Waals surface area contributed by atoms with Crippen molar-refractivity contribution in [3.8, 4) is 0 Å². The summed E-state index contributed by atoms with van der Waals surface area (Å²) in [7, 11) is 1.53. The molecular formula is C21H23ClN4O2S. The molecule has 0 atom stereocenters. The van der Waals surface area contributed by atoms with E-state index in [-0.39, 0.29) is 12.5 Å². The second-order valence-electron chi connectivity index (χ2n) is 6.67. The lowest BCUT2D eigenvalue weighted by atomic mass is 10.1. The number of amides is 1. The van der Waals surface area contributed by atoms with E-state index < -0.39 is 6.09 Å². The normalized spacial score (nSPS) is 10.9. The molecule has 1 N–H and O–H groups in total. The molecule has 0 spiro atoms. The smallest absolute Gasteiger partial charge is 0.407 e. The molecule has 0 bridgehead atoms. The van der Waals surface area contributed by atoms with Crippen LogP contribution in [0.4, 0.5) is 4.79 Å². The molecular weight excluding hydrogens is 408 g/mol. The Labute approximate surface area is 179 Å². The molecule has 29 heavy (non-hydrogen) atoms. The predicted octanol–water partition coefficient (Wildman–Crippen LogP) is 5.11. The van der Waals surface area contributed by atoms with Crippen molar-refractivity contribution in [1.29, 1.82) is 0 Å². The van der Waals surface area contributed by atoms with Crippen LogP contribution >= 0.6 is 23.4 Å². The Morgan fingerprint density at radius 2 is 2.10 bits per heavy atom. The van der Waals surface area contributed by atoms with Gasteiger partial charge in [-0.05, 0) is 36.2 Å². The highest BCUT2D eigenvalue weighted by Crippen LogP contribution is 2.36. The Morgan fingerprint density at radius 3 is 2.76 bits per heavy atom. The van der Waals surface area contributed by atoms with Crippen LogP contribution in [0.25, 0.3) is 0 Å². The number of aromatic nitrogens is 3. The summed E-state index contributed by atoms with van der Waals surface area (Å²) in [6, 6.07) is 13.5. The maximum absolute atomic E-state index is 11.6. The number of nitrogens with zero attached hydrogens (tertiary/aromatic N) is 3. The zero-order chi connectivity index (χ0) is 20.8. The first-order chi connectivity index (χ1) is 14.0. The van der Waals surface area contributed by atoms with Crippen molar-refractivity contribution in [3.63, 3.8) is 0 Å². The van der Waals surface area contributed by atoms with Gasteiger partial charge in [-0.2, -0.15) is 0 Å². The van der Waals surface area contributed by atoms with E-state index >= 15 is 0 Å². The lowest BCUT2D eigenvalue weighted by molar-refractivity contribution is 0.137. The van der Waals surface area contributed by atoms with Crippen LogP contribution in [0, 0.1) is 0 Å². The molecule has 0 saturated carbocycles. The van der Waals surface area contributed by atoms with E-state index in [4.69, 9.17) is 21.3 Å². The van der Waals surface area contributed by atoms with Crippen molar-refractivity contribution in [2.24, 2.45) is 0 Å². The Bertz CT molecular complexity index is 976. The van der Waals surface area contributed by atoms with E-state index in [1.165, 1.54) is 7.05 Å². The summed E-state index contributed by atoms with van der Waals surface area (Å²) in [5.41, 5.74) is 1.84. The molecule has 3 rings (SSSR count). The number of alkyl carbamates (subject to hydrolysis) is 1. The van der Waals surface area contributed by atoms with Crippen molar-refractivity contribution in [3.05, 3.63) is 70.9 Å². The van der Waals surface area contributed by atoms with E-state index in [1.807, 2.05) is 42.5 Å².